The Morgan fingerprint density at radius 2 is 1.96 bits per heavy atom. The molecule has 1 amide bonds. The standard InChI is InChI=1S/C16H14F3N5O3/c17-16(18,19)9-3-5-10(6-4-9)27-7-1-2-12-21-8-11-13(23-12)24(14(20)25)15(26)22-11/h3-6,8H,1-2,7H2,(H2,20,25)(H,22,26). The molecule has 3 N–H and O–H groups in total. The lowest BCUT2D eigenvalue weighted by Crippen LogP contribution is -2.29. The lowest BCUT2D eigenvalue weighted by Gasteiger charge is -2.09. The third-order valence-corrected chi connectivity index (χ3v) is 3.69. The van der Waals surface area contributed by atoms with Crippen molar-refractivity contribution in [1.82, 2.24) is 19.5 Å². The molecule has 0 unspecified atom stereocenters. The number of amides is 1. The summed E-state index contributed by atoms with van der Waals surface area (Å²) in [5.41, 5.74) is 4.07. The lowest BCUT2D eigenvalue weighted by atomic mass is 10.2. The van der Waals surface area contributed by atoms with Gasteiger partial charge in [-0.05, 0) is 30.7 Å². The predicted octanol–water partition coefficient (Wildman–Crippen LogP) is 2.08. The van der Waals surface area contributed by atoms with Crippen LogP contribution >= 0.6 is 0 Å². The number of ether oxygens (including phenoxy) is 1. The van der Waals surface area contributed by atoms with Crippen LogP contribution in [0.4, 0.5) is 18.0 Å². The highest BCUT2D eigenvalue weighted by molar-refractivity contribution is 5.85. The summed E-state index contributed by atoms with van der Waals surface area (Å²) in [4.78, 5) is 33.6. The molecule has 0 aliphatic carbocycles. The van der Waals surface area contributed by atoms with Crippen LogP contribution in [0.3, 0.4) is 0 Å². The number of hydrogen-bond donors (Lipinski definition) is 2. The molecule has 3 aromatic rings. The van der Waals surface area contributed by atoms with Crippen LogP contribution in [0.15, 0.2) is 35.3 Å². The number of rotatable bonds is 5. The molecule has 0 atom stereocenters. The maximum atomic E-state index is 12.5. The van der Waals surface area contributed by atoms with Crippen LogP contribution < -0.4 is 16.2 Å². The minimum atomic E-state index is -4.39. The smallest absolute Gasteiger partial charge is 0.416 e. The summed E-state index contributed by atoms with van der Waals surface area (Å²) in [5, 5.41) is 0. The molecule has 2 heterocycles. The highest BCUT2D eigenvalue weighted by Crippen LogP contribution is 2.30. The number of carbonyl (C=O) groups excluding carboxylic acids is 1. The minimum Gasteiger partial charge on any atom is -0.494 e. The second-order valence-corrected chi connectivity index (χ2v) is 5.60. The Bertz CT molecular complexity index is 1020. The number of alkyl halides is 3. The van der Waals surface area contributed by atoms with Crippen LogP contribution in [-0.4, -0.2) is 32.2 Å². The van der Waals surface area contributed by atoms with Crippen LogP contribution in [0.1, 0.15) is 17.8 Å². The highest BCUT2D eigenvalue weighted by atomic mass is 19.4. The number of fused-ring (bicyclic) bond motifs is 1. The Hall–Kier alpha value is -3.37. The van der Waals surface area contributed by atoms with E-state index < -0.39 is 23.5 Å². The minimum absolute atomic E-state index is 0.0844. The Morgan fingerprint density at radius 1 is 1.26 bits per heavy atom. The Balaban J connectivity index is 1.60. The number of aromatic nitrogens is 4. The number of nitrogens with one attached hydrogen (secondary N) is 1. The fraction of sp³-hybridized carbons (Fsp3) is 0.250. The quantitative estimate of drug-likeness (QED) is 0.657. The summed E-state index contributed by atoms with van der Waals surface area (Å²) >= 11 is 0. The number of aryl methyl sites for hydroxylation is 1. The molecule has 1 aromatic carbocycles. The maximum Gasteiger partial charge on any atom is 0.416 e. The first-order chi connectivity index (χ1) is 12.8. The van der Waals surface area contributed by atoms with Gasteiger partial charge in [0.15, 0.2) is 5.65 Å². The van der Waals surface area contributed by atoms with Crippen LogP contribution in [0, 0.1) is 0 Å². The number of benzene rings is 1. The summed E-state index contributed by atoms with van der Waals surface area (Å²) in [7, 11) is 0. The molecule has 27 heavy (non-hydrogen) atoms. The fourth-order valence-electron chi connectivity index (χ4n) is 2.42. The molecule has 0 bridgehead atoms. The molecule has 0 radical (unpaired) electrons. The molecule has 8 nitrogen and oxygen atoms in total. The second-order valence-electron chi connectivity index (χ2n) is 5.60. The van der Waals surface area contributed by atoms with E-state index in [0.717, 1.165) is 12.1 Å². The van der Waals surface area contributed by atoms with Gasteiger partial charge in [0.05, 0.1) is 18.4 Å². The van der Waals surface area contributed by atoms with Gasteiger partial charge in [-0.25, -0.2) is 19.6 Å². The number of imidazole rings is 1. The van der Waals surface area contributed by atoms with Crippen molar-refractivity contribution in [2.45, 2.75) is 19.0 Å². The molecule has 2 aromatic heterocycles. The third kappa shape index (κ3) is 4.07. The molecule has 0 fully saturated rings. The van der Waals surface area contributed by atoms with Gasteiger partial charge in [0.25, 0.3) is 0 Å². The van der Waals surface area contributed by atoms with Gasteiger partial charge in [-0.1, -0.05) is 0 Å². The molecular formula is C16H14F3N5O3. The number of primary amides is 1. The number of nitrogens with two attached hydrogens (primary N) is 1. The van der Waals surface area contributed by atoms with Gasteiger partial charge in [-0.15, -0.1) is 0 Å². The average molecular weight is 381 g/mol. The molecule has 0 aliphatic rings. The summed E-state index contributed by atoms with van der Waals surface area (Å²) < 4.78 is 43.6. The highest BCUT2D eigenvalue weighted by Gasteiger charge is 2.30. The molecule has 11 heteroatoms. The summed E-state index contributed by atoms with van der Waals surface area (Å²) in [6, 6.07) is 3.43. The van der Waals surface area contributed by atoms with Crippen LogP contribution in [0.2, 0.25) is 0 Å². The van der Waals surface area contributed by atoms with E-state index in [9.17, 15) is 22.8 Å². The largest absolute Gasteiger partial charge is 0.494 e. The SMILES string of the molecule is NC(=O)n1c(=O)[nH]c2cnc(CCCOc3ccc(C(F)(F)F)cc3)nc21. The summed E-state index contributed by atoms with van der Waals surface area (Å²) in [5.74, 6) is 0.681. The van der Waals surface area contributed by atoms with Gasteiger partial charge in [0.1, 0.15) is 17.1 Å². The van der Waals surface area contributed by atoms with Crippen molar-refractivity contribution in [2.24, 2.45) is 5.73 Å². The van der Waals surface area contributed by atoms with E-state index in [1.807, 2.05) is 0 Å². The number of aromatic amines is 1. The van der Waals surface area contributed by atoms with E-state index in [1.165, 1.54) is 18.3 Å². The van der Waals surface area contributed by atoms with Crippen molar-refractivity contribution in [2.75, 3.05) is 6.61 Å². The van der Waals surface area contributed by atoms with Crippen molar-refractivity contribution in [1.29, 1.82) is 0 Å². The molecule has 0 saturated carbocycles. The zero-order chi connectivity index (χ0) is 19.6. The van der Waals surface area contributed by atoms with E-state index in [2.05, 4.69) is 15.0 Å². The van der Waals surface area contributed by atoms with Gasteiger partial charge in [0, 0.05) is 6.42 Å². The Labute approximate surface area is 149 Å². The second kappa shape index (κ2) is 7.09. The fourth-order valence-corrected chi connectivity index (χ4v) is 2.42. The predicted molar refractivity (Wildman–Crippen MR) is 88.4 cm³/mol. The van der Waals surface area contributed by atoms with Gasteiger partial charge < -0.3 is 15.5 Å². The van der Waals surface area contributed by atoms with E-state index in [4.69, 9.17) is 10.5 Å². The summed E-state index contributed by atoms with van der Waals surface area (Å²) in [6.07, 6.45) is -2.18. The Morgan fingerprint density at radius 3 is 2.59 bits per heavy atom. The average Bonchev–Trinajstić information content (AvgIpc) is 2.93. The first-order valence-electron chi connectivity index (χ1n) is 7.82. The van der Waals surface area contributed by atoms with Crippen LogP contribution in [0.5, 0.6) is 5.75 Å². The van der Waals surface area contributed by atoms with Crippen molar-refractivity contribution >= 4 is 17.2 Å². The number of H-pyrrole nitrogens is 1. The topological polar surface area (TPSA) is 116 Å². The Kier molecular flexibility index (Phi) is 4.84. The number of hydrogen-bond acceptors (Lipinski definition) is 5. The van der Waals surface area contributed by atoms with Gasteiger partial charge in [0.2, 0.25) is 0 Å². The van der Waals surface area contributed by atoms with E-state index in [-0.39, 0.29) is 17.8 Å². The number of halogens is 3. The third-order valence-electron chi connectivity index (χ3n) is 3.69. The molecule has 142 valence electrons. The van der Waals surface area contributed by atoms with Gasteiger partial charge in [-0.3, -0.25) is 0 Å². The number of carbonyl (C=O) groups is 1. The first-order valence-corrected chi connectivity index (χ1v) is 7.82. The molecule has 0 saturated heterocycles. The molecular weight excluding hydrogens is 367 g/mol. The van der Waals surface area contributed by atoms with E-state index in [0.29, 0.717) is 29.0 Å². The molecule has 0 aliphatic heterocycles. The van der Waals surface area contributed by atoms with Crippen LogP contribution in [-0.2, 0) is 12.6 Å². The van der Waals surface area contributed by atoms with E-state index in [1.54, 1.807) is 0 Å². The first kappa shape index (κ1) is 18.4. The van der Waals surface area contributed by atoms with Crippen molar-refractivity contribution < 1.29 is 22.7 Å². The van der Waals surface area contributed by atoms with Crippen LogP contribution in [0.25, 0.3) is 11.2 Å². The monoisotopic (exact) mass is 381 g/mol. The number of nitrogens with zero attached hydrogens (tertiary/aromatic N) is 3. The maximum absolute atomic E-state index is 12.5. The van der Waals surface area contributed by atoms with Gasteiger partial charge >= 0.3 is 17.9 Å². The van der Waals surface area contributed by atoms with Crippen molar-refractivity contribution in [3.63, 3.8) is 0 Å². The summed E-state index contributed by atoms with van der Waals surface area (Å²) in [6.45, 7) is 0.225. The van der Waals surface area contributed by atoms with Crippen molar-refractivity contribution in [3.05, 3.63) is 52.3 Å². The van der Waals surface area contributed by atoms with E-state index >= 15 is 0 Å². The zero-order valence-electron chi connectivity index (χ0n) is 13.8. The lowest BCUT2D eigenvalue weighted by molar-refractivity contribution is -0.137. The van der Waals surface area contributed by atoms with Gasteiger partial charge in [-0.2, -0.15) is 17.7 Å². The molecule has 3 rings (SSSR count). The molecule has 0 spiro atoms. The normalized spacial score (nSPS) is 11.7. The zero-order valence-corrected chi connectivity index (χ0v) is 13.8. The van der Waals surface area contributed by atoms with Crippen molar-refractivity contribution in [3.8, 4) is 5.75 Å².